The summed E-state index contributed by atoms with van der Waals surface area (Å²) in [6.45, 7) is 6.16. The highest BCUT2D eigenvalue weighted by atomic mass is 15.0. The quantitative estimate of drug-likeness (QED) is 0.115. The number of hydrogen-bond donors (Lipinski definition) is 0. The third-order valence-electron chi connectivity index (χ3n) is 12.9. The first-order chi connectivity index (χ1) is 33.9. The summed E-state index contributed by atoms with van der Waals surface area (Å²) < 4.78 is 0. The van der Waals surface area contributed by atoms with Gasteiger partial charge in [-0.05, 0) is 143 Å². The fourth-order valence-corrected chi connectivity index (χ4v) is 9.62. The largest absolute Gasteiger partial charge is 0.261 e. The highest BCUT2D eigenvalue weighted by Crippen LogP contribution is 2.63. The van der Waals surface area contributed by atoms with Crippen LogP contribution in [0.2, 0.25) is 0 Å². The predicted molar refractivity (Wildman–Crippen MR) is 271 cm³/mol. The van der Waals surface area contributed by atoms with Gasteiger partial charge in [-0.1, -0.05) is 109 Å². The number of aliphatic imine (C=N–C) groups is 3. The molecule has 1 heterocycles. The second-order valence-corrected chi connectivity index (χ2v) is 17.0. The predicted octanol–water partition coefficient (Wildman–Crippen LogP) is 12.2. The smallest absolute Gasteiger partial charge is 0.164 e. The summed E-state index contributed by atoms with van der Waals surface area (Å²) in [6, 6.07) is 66.8. The number of fused-ring (bicyclic) bond motifs is 10. The fourth-order valence-electron chi connectivity index (χ4n) is 9.62. The van der Waals surface area contributed by atoms with Crippen LogP contribution in [0.3, 0.4) is 0 Å². The molecular weight excluding hydrogens is 847 g/mol. The van der Waals surface area contributed by atoms with Crippen molar-refractivity contribution < 1.29 is 0 Å². The zero-order valence-electron chi connectivity index (χ0n) is 37.3. The Bertz CT molecular complexity index is 3690. The molecule has 11 rings (SSSR count). The van der Waals surface area contributed by atoms with E-state index in [1.54, 1.807) is 48.5 Å². The minimum absolute atomic E-state index is 0.287. The highest BCUT2D eigenvalue weighted by Gasteiger charge is 2.51. The van der Waals surface area contributed by atoms with E-state index in [1.165, 1.54) is 22.3 Å². The van der Waals surface area contributed by atoms with E-state index in [0.717, 1.165) is 50.1 Å². The van der Waals surface area contributed by atoms with Gasteiger partial charge < -0.3 is 0 Å². The maximum atomic E-state index is 9.58. The molecule has 0 unspecified atom stereocenters. The molecule has 9 heteroatoms. The van der Waals surface area contributed by atoms with E-state index in [4.69, 9.17) is 24.9 Å². The lowest BCUT2D eigenvalue weighted by atomic mass is 9.70. The SMILES string of the molecule is C=NC(=NC(=NCc1ccc2c(c1)C1(c3ccccc3-c3ccccc31)c1cc(-c3nc(-c4ccc(C)cc4)nc(-c4ccc(C#N)cc4)n3)ccc1-2)c1ccc(C#N)cc1)c1ccc(C#N)cc1. The zero-order chi connectivity index (χ0) is 47.1. The highest BCUT2D eigenvalue weighted by molar-refractivity contribution is 6.12. The van der Waals surface area contributed by atoms with Crippen LogP contribution in [0, 0.1) is 40.9 Å². The van der Waals surface area contributed by atoms with Gasteiger partial charge in [0.1, 0.15) is 0 Å². The number of aryl methyl sites for hydroxylation is 1. The zero-order valence-corrected chi connectivity index (χ0v) is 37.3. The molecule has 0 saturated carbocycles. The summed E-state index contributed by atoms with van der Waals surface area (Å²) in [7, 11) is 0. The molecule has 69 heavy (non-hydrogen) atoms. The van der Waals surface area contributed by atoms with Gasteiger partial charge in [-0.25, -0.2) is 24.9 Å². The first-order valence-corrected chi connectivity index (χ1v) is 22.3. The van der Waals surface area contributed by atoms with E-state index in [2.05, 4.69) is 134 Å². The Morgan fingerprint density at radius 1 is 0.478 bits per heavy atom. The van der Waals surface area contributed by atoms with Gasteiger partial charge in [-0.3, -0.25) is 4.99 Å². The molecule has 8 aromatic carbocycles. The monoisotopic (exact) mass is 883 g/mol. The lowest BCUT2D eigenvalue weighted by molar-refractivity contribution is 0.791. The van der Waals surface area contributed by atoms with Gasteiger partial charge in [0.15, 0.2) is 29.1 Å². The van der Waals surface area contributed by atoms with Gasteiger partial charge >= 0.3 is 0 Å². The van der Waals surface area contributed by atoms with Crippen molar-refractivity contribution >= 4 is 18.4 Å². The third-order valence-corrected chi connectivity index (χ3v) is 12.9. The second kappa shape index (κ2) is 17.2. The fraction of sp³-hybridized carbons (Fsp3) is 0.0500. The third kappa shape index (κ3) is 7.27. The van der Waals surface area contributed by atoms with Gasteiger partial charge in [-0.15, -0.1) is 0 Å². The number of nitrogens with zero attached hydrogens (tertiary/aromatic N) is 9. The van der Waals surface area contributed by atoms with Crippen molar-refractivity contribution in [3.63, 3.8) is 0 Å². The van der Waals surface area contributed by atoms with Crippen LogP contribution >= 0.6 is 0 Å². The summed E-state index contributed by atoms with van der Waals surface area (Å²) in [5.74, 6) is 2.38. The van der Waals surface area contributed by atoms with Crippen LogP contribution in [-0.4, -0.2) is 33.3 Å². The Hall–Kier alpha value is -9.75. The molecule has 0 aliphatic heterocycles. The summed E-state index contributed by atoms with van der Waals surface area (Å²) >= 11 is 0. The minimum atomic E-state index is -0.694. The standard InChI is InChI=1S/C60H37N9/c1-37-11-20-44(21-12-37)57-67-58(45-26-17-40(35-63)18-27-45)69-59(68-57)46-28-30-50-49-29-19-41(31-53(49)60(54(50)32-46)51-9-5-3-7-47(51)48-8-4-6-10-52(48)60)36-65-56(43-24-15-39(34-62)16-25-43)66-55(64-2)42-22-13-38(33-61)14-23-42/h3-32H,2,36H2,1H3. The van der Waals surface area contributed by atoms with E-state index < -0.39 is 5.41 Å². The van der Waals surface area contributed by atoms with Gasteiger partial charge in [-0.2, -0.15) is 15.8 Å². The maximum Gasteiger partial charge on any atom is 0.164 e. The Morgan fingerprint density at radius 2 is 0.913 bits per heavy atom. The van der Waals surface area contributed by atoms with Gasteiger partial charge in [0.2, 0.25) is 0 Å². The van der Waals surface area contributed by atoms with Crippen LogP contribution in [0.4, 0.5) is 0 Å². The molecule has 0 N–H and O–H groups in total. The lowest BCUT2D eigenvalue weighted by Gasteiger charge is -2.31. The molecule has 9 aromatic rings. The molecule has 1 aromatic heterocycles. The molecule has 0 fully saturated rings. The average molecular weight is 884 g/mol. The van der Waals surface area contributed by atoms with Crippen LogP contribution in [0.15, 0.2) is 197 Å². The number of benzene rings is 8. The summed E-state index contributed by atoms with van der Waals surface area (Å²) in [4.78, 5) is 29.6. The van der Waals surface area contributed by atoms with Gasteiger partial charge in [0.05, 0.1) is 46.9 Å². The van der Waals surface area contributed by atoms with E-state index in [9.17, 15) is 15.8 Å². The number of nitriles is 3. The van der Waals surface area contributed by atoms with Crippen molar-refractivity contribution in [3.05, 3.63) is 243 Å². The van der Waals surface area contributed by atoms with Crippen LogP contribution in [0.5, 0.6) is 0 Å². The Labute approximate surface area is 399 Å². The Balaban J connectivity index is 1.08. The van der Waals surface area contributed by atoms with Crippen molar-refractivity contribution in [1.29, 1.82) is 15.8 Å². The average Bonchev–Trinajstić information content (AvgIpc) is 3.88. The van der Waals surface area contributed by atoms with Gasteiger partial charge in [0, 0.05) is 27.8 Å². The molecule has 0 atom stereocenters. The van der Waals surface area contributed by atoms with Crippen LogP contribution in [0.1, 0.15) is 61.2 Å². The van der Waals surface area contributed by atoms with Crippen molar-refractivity contribution in [2.45, 2.75) is 18.9 Å². The summed E-state index contributed by atoms with van der Waals surface area (Å²) in [6.07, 6.45) is 0. The number of hydrogen-bond acceptors (Lipinski definition) is 7. The molecule has 9 nitrogen and oxygen atoms in total. The van der Waals surface area contributed by atoms with Crippen LogP contribution < -0.4 is 0 Å². The minimum Gasteiger partial charge on any atom is -0.261 e. The first-order valence-electron chi connectivity index (χ1n) is 22.3. The molecule has 0 radical (unpaired) electrons. The van der Waals surface area contributed by atoms with Crippen molar-refractivity contribution in [3.8, 4) is 74.6 Å². The van der Waals surface area contributed by atoms with E-state index in [0.29, 0.717) is 57.0 Å². The Morgan fingerprint density at radius 3 is 1.45 bits per heavy atom. The Kier molecular flexibility index (Phi) is 10.5. The molecule has 2 aliphatic carbocycles. The summed E-state index contributed by atoms with van der Waals surface area (Å²) in [5, 5.41) is 28.5. The maximum absolute atomic E-state index is 9.58. The normalized spacial score (nSPS) is 12.8. The molecule has 0 bridgehead atoms. The summed E-state index contributed by atoms with van der Waals surface area (Å²) in [5.41, 5.74) is 16.1. The van der Waals surface area contributed by atoms with Crippen molar-refractivity contribution in [2.75, 3.05) is 0 Å². The number of aromatic nitrogens is 3. The van der Waals surface area contributed by atoms with E-state index in [1.807, 2.05) is 36.4 Å². The molecule has 2 aliphatic rings. The number of rotatable bonds is 7. The molecular formula is C60H37N9. The molecule has 322 valence electrons. The van der Waals surface area contributed by atoms with Crippen molar-refractivity contribution in [1.82, 2.24) is 15.0 Å². The second-order valence-electron chi connectivity index (χ2n) is 17.0. The van der Waals surface area contributed by atoms with E-state index in [-0.39, 0.29) is 6.54 Å². The van der Waals surface area contributed by atoms with Crippen LogP contribution in [-0.2, 0) is 12.0 Å². The van der Waals surface area contributed by atoms with Crippen molar-refractivity contribution in [2.24, 2.45) is 15.0 Å². The van der Waals surface area contributed by atoms with E-state index >= 15 is 0 Å². The van der Waals surface area contributed by atoms with Gasteiger partial charge in [0.25, 0.3) is 0 Å². The number of amidine groups is 2. The lowest BCUT2D eigenvalue weighted by Crippen LogP contribution is -2.26. The molecule has 0 amide bonds. The van der Waals surface area contributed by atoms with Crippen LogP contribution in [0.25, 0.3) is 56.4 Å². The first kappa shape index (κ1) is 41.9. The topological polar surface area (TPSA) is 147 Å². The molecule has 0 saturated heterocycles. The molecule has 1 spiro atoms.